The molecule has 1 fully saturated rings. The van der Waals surface area contributed by atoms with Gasteiger partial charge in [0.05, 0.1) is 18.4 Å². The average molecular weight is 553 g/mol. The summed E-state index contributed by atoms with van der Waals surface area (Å²) in [4.78, 5) is 46.0. The summed E-state index contributed by atoms with van der Waals surface area (Å²) in [6.07, 6.45) is 4.61. The zero-order chi connectivity index (χ0) is 28.8. The van der Waals surface area contributed by atoms with E-state index in [0.29, 0.717) is 6.42 Å². The highest BCUT2D eigenvalue weighted by atomic mass is 16.2. The first-order valence-electron chi connectivity index (χ1n) is 14.6. The molecule has 1 aliphatic carbocycles. The Bertz CT molecular complexity index is 1680. The molecular weight excluding hydrogens is 520 g/mol. The van der Waals surface area contributed by atoms with Crippen molar-refractivity contribution in [2.24, 2.45) is 17.8 Å². The molecule has 0 saturated carbocycles. The van der Waals surface area contributed by atoms with Crippen LogP contribution in [-0.4, -0.2) is 29.7 Å². The number of para-hydroxylation sites is 1. The van der Waals surface area contributed by atoms with E-state index >= 15 is 0 Å². The van der Waals surface area contributed by atoms with E-state index in [-0.39, 0.29) is 36.1 Å². The molecule has 3 aliphatic rings. The summed E-state index contributed by atoms with van der Waals surface area (Å²) in [5.41, 5.74) is 3.69. The molecule has 0 N–H and O–H groups in total. The van der Waals surface area contributed by atoms with Crippen LogP contribution in [0.5, 0.6) is 0 Å². The molecule has 4 aromatic rings. The summed E-state index contributed by atoms with van der Waals surface area (Å²) in [6.45, 7) is 0.244. The predicted molar refractivity (Wildman–Crippen MR) is 162 cm³/mol. The molecule has 0 unspecified atom stereocenters. The normalized spacial score (nSPS) is 26.5. The summed E-state index contributed by atoms with van der Waals surface area (Å²) in [7, 11) is 1.82. The number of carbonyl (C=O) groups is 3. The van der Waals surface area contributed by atoms with Crippen LogP contribution in [0.4, 0.5) is 5.69 Å². The molecule has 5 nitrogen and oxygen atoms in total. The Labute approximate surface area is 246 Å². The van der Waals surface area contributed by atoms with Crippen LogP contribution >= 0.6 is 0 Å². The Morgan fingerprint density at radius 2 is 1.26 bits per heavy atom. The Hall–Kier alpha value is -4.77. The van der Waals surface area contributed by atoms with E-state index in [1.54, 1.807) is 4.90 Å². The van der Waals surface area contributed by atoms with Gasteiger partial charge in [-0.2, -0.15) is 0 Å². The highest BCUT2D eigenvalue weighted by Crippen LogP contribution is 2.54. The predicted octanol–water partition coefficient (Wildman–Crippen LogP) is 6.11. The molecule has 4 aromatic carbocycles. The van der Waals surface area contributed by atoms with Crippen molar-refractivity contribution in [2.75, 3.05) is 11.9 Å². The molecule has 5 heteroatoms. The first-order chi connectivity index (χ1) is 20.5. The van der Waals surface area contributed by atoms with Crippen LogP contribution in [0, 0.1) is 17.8 Å². The molecule has 2 heterocycles. The second-order valence-electron chi connectivity index (χ2n) is 11.6. The van der Waals surface area contributed by atoms with Gasteiger partial charge in [-0.25, -0.2) is 0 Å². The Morgan fingerprint density at radius 1 is 0.667 bits per heavy atom. The molecule has 1 saturated heterocycles. The third-order valence-electron chi connectivity index (χ3n) is 9.47. The van der Waals surface area contributed by atoms with Gasteiger partial charge in [0.15, 0.2) is 0 Å². The number of benzene rings is 4. The van der Waals surface area contributed by atoms with E-state index < -0.39 is 17.3 Å². The first kappa shape index (κ1) is 26.1. The van der Waals surface area contributed by atoms with Crippen LogP contribution < -0.4 is 4.90 Å². The number of hydrogen-bond donors (Lipinski definition) is 0. The van der Waals surface area contributed by atoms with E-state index in [4.69, 9.17) is 0 Å². The monoisotopic (exact) mass is 552 g/mol. The van der Waals surface area contributed by atoms with Crippen LogP contribution in [0.2, 0.25) is 0 Å². The molecule has 0 bridgehead atoms. The number of carbonyl (C=O) groups excluding carboxylic acids is 3. The third-order valence-corrected chi connectivity index (χ3v) is 9.47. The maximum Gasteiger partial charge on any atom is 0.241 e. The van der Waals surface area contributed by atoms with E-state index in [0.717, 1.165) is 27.9 Å². The number of imide groups is 1. The van der Waals surface area contributed by atoms with Gasteiger partial charge in [0, 0.05) is 18.7 Å². The zero-order valence-electron chi connectivity index (χ0n) is 23.5. The van der Waals surface area contributed by atoms with E-state index in [1.807, 2.05) is 122 Å². The van der Waals surface area contributed by atoms with E-state index in [1.165, 1.54) is 4.90 Å². The molecule has 0 aromatic heterocycles. The highest BCUT2D eigenvalue weighted by Gasteiger charge is 2.58. The van der Waals surface area contributed by atoms with Gasteiger partial charge < -0.3 is 4.90 Å². The lowest BCUT2D eigenvalue weighted by Crippen LogP contribution is -2.44. The lowest BCUT2D eigenvalue weighted by molar-refractivity contribution is -0.141. The molecule has 0 radical (unpaired) electrons. The smallest absolute Gasteiger partial charge is 0.241 e. The standard InChI is InChI=1S/C37H32N2O3/c1-38-31-20-12-11-19-30(31)37(36(38)42,28-17-9-4-10-18-28)23-27-21-22-29(26-15-7-3-8-16-26)33-32(27)34(40)39(35(33)41)24-25-13-5-2-6-14-25/h2-22,27,29,32-33H,23-24H2,1H3/t27-,29+,32+,33-,37+/m1/s1. The zero-order valence-corrected chi connectivity index (χ0v) is 23.5. The molecular formula is C37H32N2O3. The second kappa shape index (κ2) is 10.3. The van der Waals surface area contributed by atoms with Crippen molar-refractivity contribution in [3.63, 3.8) is 0 Å². The second-order valence-corrected chi connectivity index (χ2v) is 11.6. The summed E-state index contributed by atoms with van der Waals surface area (Å²) < 4.78 is 0. The fraction of sp³-hybridized carbons (Fsp3) is 0.216. The number of likely N-dealkylation sites (tertiary alicyclic amines) is 1. The minimum atomic E-state index is -0.970. The summed E-state index contributed by atoms with van der Waals surface area (Å²) in [5, 5.41) is 0. The topological polar surface area (TPSA) is 57.7 Å². The van der Waals surface area contributed by atoms with Gasteiger partial charge in [-0.15, -0.1) is 0 Å². The number of fused-ring (bicyclic) bond motifs is 2. The van der Waals surface area contributed by atoms with E-state index in [9.17, 15) is 14.4 Å². The number of nitrogens with zero attached hydrogens (tertiary/aromatic N) is 2. The van der Waals surface area contributed by atoms with Gasteiger partial charge in [0.25, 0.3) is 0 Å². The fourth-order valence-corrected chi connectivity index (χ4v) is 7.52. The van der Waals surface area contributed by atoms with Gasteiger partial charge in [-0.05, 0) is 40.7 Å². The quantitative estimate of drug-likeness (QED) is 0.214. The van der Waals surface area contributed by atoms with Gasteiger partial charge >= 0.3 is 0 Å². The maximum absolute atomic E-state index is 14.3. The van der Waals surface area contributed by atoms with Crippen LogP contribution in [0.3, 0.4) is 0 Å². The van der Waals surface area contributed by atoms with Gasteiger partial charge in [-0.1, -0.05) is 121 Å². The number of anilines is 1. The number of hydrogen-bond acceptors (Lipinski definition) is 3. The maximum atomic E-state index is 14.3. The van der Waals surface area contributed by atoms with Gasteiger partial charge in [0.2, 0.25) is 17.7 Å². The number of likely N-dealkylation sites (N-methyl/N-ethyl adjacent to an activating group) is 1. The molecule has 7 rings (SSSR count). The summed E-state index contributed by atoms with van der Waals surface area (Å²) in [6, 6.07) is 37.5. The van der Waals surface area contributed by atoms with E-state index in [2.05, 4.69) is 12.2 Å². The van der Waals surface area contributed by atoms with Crippen LogP contribution in [0.15, 0.2) is 127 Å². The SMILES string of the molecule is CN1C(=O)[C@@](C[C@H]2C=C[C@@H](c3ccccc3)[C@H]3C(=O)N(Cc4ccccc4)C(=O)[C@H]32)(c2ccccc2)c2ccccc21. The summed E-state index contributed by atoms with van der Waals surface area (Å²) in [5.74, 6) is -1.93. The summed E-state index contributed by atoms with van der Waals surface area (Å²) >= 11 is 0. The number of allylic oxidation sites excluding steroid dienone is 2. The minimum Gasteiger partial charge on any atom is -0.314 e. The number of rotatable bonds is 6. The Morgan fingerprint density at radius 3 is 1.98 bits per heavy atom. The lowest BCUT2D eigenvalue weighted by Gasteiger charge is -2.38. The number of amides is 3. The third kappa shape index (κ3) is 3.95. The van der Waals surface area contributed by atoms with Crippen LogP contribution in [0.25, 0.3) is 0 Å². The molecule has 0 spiro atoms. The highest BCUT2D eigenvalue weighted by molar-refractivity contribution is 6.10. The van der Waals surface area contributed by atoms with Gasteiger partial charge in [0.1, 0.15) is 5.41 Å². The van der Waals surface area contributed by atoms with Crippen molar-refractivity contribution in [3.05, 3.63) is 150 Å². The minimum absolute atomic E-state index is 0.0112. The van der Waals surface area contributed by atoms with Crippen molar-refractivity contribution in [2.45, 2.75) is 24.3 Å². The van der Waals surface area contributed by atoms with Crippen molar-refractivity contribution in [3.8, 4) is 0 Å². The first-order valence-corrected chi connectivity index (χ1v) is 14.6. The average Bonchev–Trinajstić information content (AvgIpc) is 3.42. The fourth-order valence-electron chi connectivity index (χ4n) is 7.52. The van der Waals surface area contributed by atoms with Crippen molar-refractivity contribution < 1.29 is 14.4 Å². The Balaban J connectivity index is 1.35. The Kier molecular flexibility index (Phi) is 6.38. The molecule has 3 amide bonds. The molecule has 208 valence electrons. The van der Waals surface area contributed by atoms with Gasteiger partial charge in [-0.3, -0.25) is 19.3 Å². The van der Waals surface area contributed by atoms with Crippen molar-refractivity contribution in [1.29, 1.82) is 0 Å². The molecule has 42 heavy (non-hydrogen) atoms. The van der Waals surface area contributed by atoms with Crippen molar-refractivity contribution >= 4 is 23.4 Å². The molecule has 2 aliphatic heterocycles. The molecule has 5 atom stereocenters. The van der Waals surface area contributed by atoms with Crippen LogP contribution in [-0.2, 0) is 26.3 Å². The largest absolute Gasteiger partial charge is 0.314 e. The lowest BCUT2D eigenvalue weighted by atomic mass is 9.62. The van der Waals surface area contributed by atoms with Crippen molar-refractivity contribution in [1.82, 2.24) is 4.90 Å². The van der Waals surface area contributed by atoms with Crippen LogP contribution in [0.1, 0.15) is 34.6 Å².